The normalized spacial score (nSPS) is 26.4. The molecule has 1 aromatic rings. The molecular formula is C15H20ClNO2. The van der Waals surface area contributed by atoms with E-state index in [1.165, 1.54) is 0 Å². The fourth-order valence-electron chi connectivity index (χ4n) is 2.80. The Bertz CT molecular complexity index is 489. The second kappa shape index (κ2) is 5.51. The number of rotatable bonds is 4. The molecule has 2 unspecified atom stereocenters. The molecule has 0 bridgehead atoms. The van der Waals surface area contributed by atoms with Crippen molar-refractivity contribution in [2.24, 2.45) is 11.1 Å². The van der Waals surface area contributed by atoms with Crippen molar-refractivity contribution in [1.82, 2.24) is 0 Å². The first-order chi connectivity index (χ1) is 8.97. The maximum Gasteiger partial charge on any atom is 0.144 e. The summed E-state index contributed by atoms with van der Waals surface area (Å²) in [6.45, 7) is 1.98. The topological polar surface area (TPSA) is 52.3 Å². The molecule has 0 spiro atoms. The smallest absolute Gasteiger partial charge is 0.144 e. The number of nitrogens with two attached hydrogens (primary N) is 1. The summed E-state index contributed by atoms with van der Waals surface area (Å²) in [5, 5.41) is 0.615. The minimum absolute atomic E-state index is 0.0369. The molecule has 0 heterocycles. The summed E-state index contributed by atoms with van der Waals surface area (Å²) in [5.74, 6) is 0.881. The van der Waals surface area contributed by atoms with Crippen molar-refractivity contribution in [2.45, 2.75) is 38.6 Å². The van der Waals surface area contributed by atoms with Crippen molar-refractivity contribution in [3.8, 4) is 5.75 Å². The highest BCUT2D eigenvalue weighted by Crippen LogP contribution is 2.39. The first-order valence-electron chi connectivity index (χ1n) is 6.58. The molecule has 0 aliphatic heterocycles. The highest BCUT2D eigenvalue weighted by Gasteiger charge is 2.42. The van der Waals surface area contributed by atoms with Crippen LogP contribution < -0.4 is 10.5 Å². The van der Waals surface area contributed by atoms with Gasteiger partial charge in [0.15, 0.2) is 0 Å². The Labute approximate surface area is 119 Å². The fraction of sp³-hybridized carbons (Fsp3) is 0.533. The summed E-state index contributed by atoms with van der Waals surface area (Å²) in [5.41, 5.74) is 6.51. The van der Waals surface area contributed by atoms with E-state index < -0.39 is 5.41 Å². The molecule has 0 radical (unpaired) electrons. The van der Waals surface area contributed by atoms with E-state index in [0.29, 0.717) is 17.2 Å². The summed E-state index contributed by atoms with van der Waals surface area (Å²) in [6, 6.07) is 5.31. The molecule has 1 aromatic carbocycles. The van der Waals surface area contributed by atoms with Crippen LogP contribution in [0.4, 0.5) is 0 Å². The third kappa shape index (κ3) is 2.77. The zero-order chi connectivity index (χ0) is 14.0. The Morgan fingerprint density at radius 3 is 2.89 bits per heavy atom. The summed E-state index contributed by atoms with van der Waals surface area (Å²) in [6.07, 6.45) is 3.15. The number of carbonyl (C=O) groups is 1. The lowest BCUT2D eigenvalue weighted by Gasteiger charge is -2.27. The second-order valence-corrected chi connectivity index (χ2v) is 5.91. The number of methoxy groups -OCH3 is 1. The van der Waals surface area contributed by atoms with Gasteiger partial charge in [-0.15, -0.1) is 0 Å². The molecule has 19 heavy (non-hydrogen) atoms. The van der Waals surface area contributed by atoms with Gasteiger partial charge in [-0.25, -0.2) is 0 Å². The lowest BCUT2D eigenvalue weighted by molar-refractivity contribution is -0.127. The molecule has 2 atom stereocenters. The van der Waals surface area contributed by atoms with Gasteiger partial charge in [0.2, 0.25) is 0 Å². The predicted octanol–water partition coefficient (Wildman–Crippen LogP) is 2.98. The van der Waals surface area contributed by atoms with Crippen LogP contribution in [0.3, 0.4) is 0 Å². The Hall–Kier alpha value is -1.06. The molecule has 2 N–H and O–H groups in total. The zero-order valence-electron chi connectivity index (χ0n) is 11.4. The fourth-order valence-corrected chi connectivity index (χ4v) is 2.99. The third-order valence-electron chi connectivity index (χ3n) is 4.26. The van der Waals surface area contributed by atoms with Crippen molar-refractivity contribution in [2.75, 3.05) is 7.11 Å². The number of Topliss-reactive ketones (excluding diaryl/α,β-unsaturated/α-hetero) is 1. The van der Waals surface area contributed by atoms with E-state index in [4.69, 9.17) is 22.1 Å². The number of hydrogen-bond acceptors (Lipinski definition) is 3. The number of hydrogen-bond donors (Lipinski definition) is 1. The van der Waals surface area contributed by atoms with Crippen molar-refractivity contribution in [3.63, 3.8) is 0 Å². The molecule has 3 nitrogen and oxygen atoms in total. The van der Waals surface area contributed by atoms with Crippen molar-refractivity contribution >= 4 is 17.4 Å². The van der Waals surface area contributed by atoms with Gasteiger partial charge in [-0.1, -0.05) is 24.9 Å². The van der Waals surface area contributed by atoms with Crippen LogP contribution in [-0.2, 0) is 11.2 Å². The lowest BCUT2D eigenvalue weighted by atomic mass is 9.78. The molecule has 2 rings (SSSR count). The van der Waals surface area contributed by atoms with Gasteiger partial charge in [0, 0.05) is 28.5 Å². The molecule has 1 aliphatic rings. The predicted molar refractivity (Wildman–Crippen MR) is 76.6 cm³/mol. The van der Waals surface area contributed by atoms with Gasteiger partial charge in [0.25, 0.3) is 0 Å². The molecule has 0 saturated heterocycles. The van der Waals surface area contributed by atoms with E-state index in [-0.39, 0.29) is 11.8 Å². The molecular weight excluding hydrogens is 262 g/mol. The average molecular weight is 282 g/mol. The maximum atomic E-state index is 12.5. The van der Waals surface area contributed by atoms with Crippen LogP contribution in [-0.4, -0.2) is 18.9 Å². The number of ketones is 1. The number of benzene rings is 1. The van der Waals surface area contributed by atoms with Crippen molar-refractivity contribution < 1.29 is 9.53 Å². The average Bonchev–Trinajstić information content (AvgIpc) is 2.71. The van der Waals surface area contributed by atoms with Crippen LogP contribution in [0.5, 0.6) is 5.75 Å². The van der Waals surface area contributed by atoms with Gasteiger partial charge in [-0.2, -0.15) is 0 Å². The quantitative estimate of drug-likeness (QED) is 0.923. The van der Waals surface area contributed by atoms with Crippen LogP contribution in [0.1, 0.15) is 31.7 Å². The number of halogens is 1. The zero-order valence-corrected chi connectivity index (χ0v) is 12.2. The summed E-state index contributed by atoms with van der Waals surface area (Å²) >= 11 is 5.99. The van der Waals surface area contributed by atoms with Gasteiger partial charge >= 0.3 is 0 Å². The second-order valence-electron chi connectivity index (χ2n) is 5.47. The molecule has 4 heteroatoms. The van der Waals surface area contributed by atoms with Gasteiger partial charge < -0.3 is 10.5 Å². The van der Waals surface area contributed by atoms with Crippen LogP contribution in [0.2, 0.25) is 5.02 Å². The van der Waals surface area contributed by atoms with E-state index in [9.17, 15) is 4.79 Å². The Morgan fingerprint density at radius 2 is 2.32 bits per heavy atom. The highest BCUT2D eigenvalue weighted by atomic mass is 35.5. The van der Waals surface area contributed by atoms with E-state index in [1.54, 1.807) is 25.3 Å². The Morgan fingerprint density at radius 1 is 1.58 bits per heavy atom. The third-order valence-corrected chi connectivity index (χ3v) is 4.50. The van der Waals surface area contributed by atoms with Crippen LogP contribution >= 0.6 is 11.6 Å². The van der Waals surface area contributed by atoms with Gasteiger partial charge in [-0.05, 0) is 31.0 Å². The Balaban J connectivity index is 2.21. The van der Waals surface area contributed by atoms with E-state index in [2.05, 4.69) is 0 Å². The van der Waals surface area contributed by atoms with E-state index in [0.717, 1.165) is 24.8 Å². The number of ether oxygens (including phenoxy) is 1. The van der Waals surface area contributed by atoms with E-state index in [1.807, 2.05) is 6.92 Å². The van der Waals surface area contributed by atoms with Crippen LogP contribution in [0.15, 0.2) is 18.2 Å². The van der Waals surface area contributed by atoms with Crippen LogP contribution in [0.25, 0.3) is 0 Å². The minimum Gasteiger partial charge on any atom is -0.496 e. The lowest BCUT2D eigenvalue weighted by Crippen LogP contribution is -2.41. The summed E-state index contributed by atoms with van der Waals surface area (Å²) in [4.78, 5) is 12.5. The number of carbonyl (C=O) groups excluding carboxylic acids is 1. The van der Waals surface area contributed by atoms with Crippen LogP contribution in [0, 0.1) is 5.41 Å². The minimum atomic E-state index is -0.409. The first kappa shape index (κ1) is 14.4. The van der Waals surface area contributed by atoms with Gasteiger partial charge in [0.1, 0.15) is 11.5 Å². The molecule has 0 aromatic heterocycles. The van der Waals surface area contributed by atoms with Gasteiger partial charge in [-0.3, -0.25) is 4.79 Å². The molecule has 1 aliphatic carbocycles. The summed E-state index contributed by atoms with van der Waals surface area (Å²) in [7, 11) is 1.60. The maximum absolute atomic E-state index is 12.5. The van der Waals surface area contributed by atoms with Crippen molar-refractivity contribution in [1.29, 1.82) is 0 Å². The Kier molecular flexibility index (Phi) is 4.16. The summed E-state index contributed by atoms with van der Waals surface area (Å²) < 4.78 is 5.28. The van der Waals surface area contributed by atoms with Gasteiger partial charge in [0.05, 0.1) is 7.11 Å². The largest absolute Gasteiger partial charge is 0.496 e. The monoisotopic (exact) mass is 281 g/mol. The highest BCUT2D eigenvalue weighted by molar-refractivity contribution is 6.30. The molecule has 1 fully saturated rings. The SMILES string of the molecule is COc1ccc(Cl)cc1CC(=O)C1(C)CCCC1N. The molecule has 104 valence electrons. The first-order valence-corrected chi connectivity index (χ1v) is 6.96. The molecule has 1 saturated carbocycles. The molecule has 0 amide bonds. The van der Waals surface area contributed by atoms with E-state index >= 15 is 0 Å². The van der Waals surface area contributed by atoms with Crippen molar-refractivity contribution in [3.05, 3.63) is 28.8 Å². The standard InChI is InChI=1S/C15H20ClNO2/c1-15(7-3-4-13(15)17)14(18)9-10-8-11(16)5-6-12(10)19-2/h5-6,8,13H,3-4,7,9,17H2,1-2H3.